The first kappa shape index (κ1) is 73.5. The Morgan fingerprint density at radius 1 is 0.269 bits per heavy atom. The van der Waals surface area contributed by atoms with Crippen LogP contribution in [0.25, 0.3) is 0 Å². The van der Waals surface area contributed by atoms with Gasteiger partial charge in [0.1, 0.15) is 13.2 Å². The van der Waals surface area contributed by atoms with E-state index in [-0.39, 0.29) is 37.5 Å². The van der Waals surface area contributed by atoms with Crippen LogP contribution in [0.15, 0.2) is 134 Å². The van der Waals surface area contributed by atoms with Crippen molar-refractivity contribution in [2.75, 3.05) is 13.2 Å². The van der Waals surface area contributed by atoms with Crippen molar-refractivity contribution in [3.63, 3.8) is 0 Å². The van der Waals surface area contributed by atoms with Gasteiger partial charge < -0.3 is 14.2 Å². The monoisotopic (exact) mass is 1080 g/mol. The van der Waals surface area contributed by atoms with Crippen LogP contribution in [-0.4, -0.2) is 37.2 Å². The van der Waals surface area contributed by atoms with Gasteiger partial charge in [0.15, 0.2) is 6.10 Å². The third-order valence-corrected chi connectivity index (χ3v) is 13.4. The van der Waals surface area contributed by atoms with Gasteiger partial charge in [0, 0.05) is 19.3 Å². The largest absolute Gasteiger partial charge is 0.462 e. The topological polar surface area (TPSA) is 78.9 Å². The molecule has 0 aliphatic rings. The zero-order valence-corrected chi connectivity index (χ0v) is 50.6. The zero-order chi connectivity index (χ0) is 56.4. The summed E-state index contributed by atoms with van der Waals surface area (Å²) in [5, 5.41) is 0. The maximum atomic E-state index is 12.9. The van der Waals surface area contributed by atoms with Crippen LogP contribution >= 0.6 is 0 Å². The molecule has 78 heavy (non-hydrogen) atoms. The smallest absolute Gasteiger partial charge is 0.306 e. The second-order valence-corrected chi connectivity index (χ2v) is 20.9. The second-order valence-electron chi connectivity index (χ2n) is 20.9. The molecule has 0 amide bonds. The summed E-state index contributed by atoms with van der Waals surface area (Å²) >= 11 is 0. The summed E-state index contributed by atoms with van der Waals surface area (Å²) in [4.78, 5) is 38.2. The van der Waals surface area contributed by atoms with Crippen molar-refractivity contribution in [1.82, 2.24) is 0 Å². The number of hydrogen-bond donors (Lipinski definition) is 0. The van der Waals surface area contributed by atoms with E-state index >= 15 is 0 Å². The number of carbonyl (C=O) groups is 3. The van der Waals surface area contributed by atoms with Gasteiger partial charge in [-0.05, 0) is 116 Å². The van der Waals surface area contributed by atoms with Crippen molar-refractivity contribution < 1.29 is 28.6 Å². The van der Waals surface area contributed by atoms with Crippen LogP contribution in [0.2, 0.25) is 0 Å². The minimum absolute atomic E-state index is 0.0925. The van der Waals surface area contributed by atoms with Crippen LogP contribution in [0.5, 0.6) is 0 Å². The number of ether oxygens (including phenoxy) is 3. The molecule has 0 N–H and O–H groups in total. The summed E-state index contributed by atoms with van der Waals surface area (Å²) in [5.74, 6) is -0.926. The standard InChI is InChI=1S/C72H118O6/c1-4-7-10-13-16-19-22-24-26-28-30-31-32-33-34-35-36-37-38-39-40-41-43-44-46-48-50-53-56-59-62-65-71(74)77-68-69(67-76-70(73)64-61-58-55-52-21-18-15-12-9-6-3)78-72(75)66-63-60-57-54-51-49-47-45-42-29-27-25-23-20-17-14-11-8-5-2/h7-8,10-11,16-17,19-20,24-27,30-31,33-34,36-37,42,45,49,51,69H,4-6,9,12-15,18,21-23,28-29,32,35,38-41,43-44,46-48,50,52-68H2,1-3H3/b10-7-,11-8-,19-16-,20-17-,26-24-,27-25-,31-30-,34-33-,37-36-,45-42-,51-49-. The number of esters is 3. The lowest BCUT2D eigenvalue weighted by atomic mass is 10.0. The van der Waals surface area contributed by atoms with Gasteiger partial charge in [0.25, 0.3) is 0 Å². The number of rotatable bonds is 57. The van der Waals surface area contributed by atoms with Gasteiger partial charge in [-0.1, -0.05) is 283 Å². The van der Waals surface area contributed by atoms with E-state index < -0.39 is 6.10 Å². The van der Waals surface area contributed by atoms with Crippen LogP contribution in [0.1, 0.15) is 284 Å². The Balaban J connectivity index is 4.26. The van der Waals surface area contributed by atoms with Crippen molar-refractivity contribution in [3.8, 4) is 0 Å². The van der Waals surface area contributed by atoms with Crippen molar-refractivity contribution in [2.24, 2.45) is 0 Å². The van der Waals surface area contributed by atoms with Crippen molar-refractivity contribution in [2.45, 2.75) is 290 Å². The molecule has 0 heterocycles. The highest BCUT2D eigenvalue weighted by atomic mass is 16.6. The maximum absolute atomic E-state index is 12.9. The van der Waals surface area contributed by atoms with E-state index in [9.17, 15) is 14.4 Å². The lowest BCUT2D eigenvalue weighted by Gasteiger charge is -2.18. The lowest BCUT2D eigenvalue weighted by Crippen LogP contribution is -2.30. The van der Waals surface area contributed by atoms with E-state index in [4.69, 9.17) is 14.2 Å². The average Bonchev–Trinajstić information content (AvgIpc) is 3.44. The lowest BCUT2D eigenvalue weighted by molar-refractivity contribution is -0.167. The zero-order valence-electron chi connectivity index (χ0n) is 50.6. The van der Waals surface area contributed by atoms with Gasteiger partial charge >= 0.3 is 17.9 Å². The van der Waals surface area contributed by atoms with Gasteiger partial charge in [0.05, 0.1) is 0 Å². The Morgan fingerprint density at radius 3 is 0.795 bits per heavy atom. The molecule has 442 valence electrons. The molecule has 0 aromatic carbocycles. The summed E-state index contributed by atoms with van der Waals surface area (Å²) in [5.41, 5.74) is 0. The predicted octanol–water partition coefficient (Wildman–Crippen LogP) is 22.2. The number of unbranched alkanes of at least 4 members (excludes halogenated alkanes) is 24. The third-order valence-electron chi connectivity index (χ3n) is 13.4. The van der Waals surface area contributed by atoms with Gasteiger partial charge in [-0.2, -0.15) is 0 Å². The van der Waals surface area contributed by atoms with Crippen LogP contribution in [-0.2, 0) is 28.6 Å². The first-order valence-electron chi connectivity index (χ1n) is 32.2. The predicted molar refractivity (Wildman–Crippen MR) is 339 cm³/mol. The van der Waals surface area contributed by atoms with E-state index in [0.29, 0.717) is 12.8 Å². The van der Waals surface area contributed by atoms with E-state index in [2.05, 4.69) is 154 Å². The van der Waals surface area contributed by atoms with Gasteiger partial charge in [-0.3, -0.25) is 14.4 Å². The molecule has 6 nitrogen and oxygen atoms in total. The minimum atomic E-state index is -0.798. The Hall–Kier alpha value is -4.45. The fourth-order valence-electron chi connectivity index (χ4n) is 8.65. The van der Waals surface area contributed by atoms with Crippen molar-refractivity contribution >= 4 is 17.9 Å². The van der Waals surface area contributed by atoms with E-state index in [1.165, 1.54) is 109 Å². The molecule has 1 atom stereocenters. The molecule has 0 fully saturated rings. The van der Waals surface area contributed by atoms with Crippen molar-refractivity contribution in [3.05, 3.63) is 134 Å². The third kappa shape index (κ3) is 62.4. The normalized spacial score (nSPS) is 13.0. The highest BCUT2D eigenvalue weighted by Crippen LogP contribution is 2.16. The van der Waals surface area contributed by atoms with Crippen LogP contribution in [0.3, 0.4) is 0 Å². The van der Waals surface area contributed by atoms with Gasteiger partial charge in [-0.25, -0.2) is 0 Å². The highest BCUT2D eigenvalue weighted by molar-refractivity contribution is 5.71. The maximum Gasteiger partial charge on any atom is 0.306 e. The molecule has 0 bridgehead atoms. The Morgan fingerprint density at radius 2 is 0.500 bits per heavy atom. The minimum Gasteiger partial charge on any atom is -0.462 e. The number of carbonyl (C=O) groups excluding carboxylic acids is 3. The molecule has 0 radical (unpaired) electrons. The Kier molecular flexibility index (Phi) is 61.4. The summed E-state index contributed by atoms with van der Waals surface area (Å²) < 4.78 is 16.9. The SMILES string of the molecule is CC/C=C\C/C=C\C/C=C\C/C=C\C/C=C\C/C=C\CCCCCCCCCCCCCCC(=O)OCC(COC(=O)CCCCCCCCCCCC)OC(=O)CCCCC/C=C\C/C=C\C/C=C\C/C=C\C/C=C\CC. The Labute approximate surface area is 481 Å². The molecule has 0 aliphatic heterocycles. The van der Waals surface area contributed by atoms with Crippen molar-refractivity contribution in [1.29, 1.82) is 0 Å². The summed E-state index contributed by atoms with van der Waals surface area (Å²) in [6.07, 6.45) is 91.8. The molecule has 0 aliphatic carbocycles. The molecule has 6 heteroatoms. The summed E-state index contributed by atoms with van der Waals surface area (Å²) in [7, 11) is 0. The molecule has 0 saturated heterocycles. The first-order valence-corrected chi connectivity index (χ1v) is 32.2. The van der Waals surface area contributed by atoms with E-state index in [0.717, 1.165) is 135 Å². The molecule has 0 saturated carbocycles. The Bertz CT molecular complexity index is 1670. The highest BCUT2D eigenvalue weighted by Gasteiger charge is 2.19. The van der Waals surface area contributed by atoms with E-state index in [1.807, 2.05) is 0 Å². The quantitative estimate of drug-likeness (QED) is 0.0261. The second kappa shape index (κ2) is 65.1. The van der Waals surface area contributed by atoms with Gasteiger partial charge in [-0.15, -0.1) is 0 Å². The van der Waals surface area contributed by atoms with E-state index in [1.54, 1.807) is 0 Å². The number of hydrogen-bond acceptors (Lipinski definition) is 6. The van der Waals surface area contributed by atoms with Crippen LogP contribution in [0, 0.1) is 0 Å². The van der Waals surface area contributed by atoms with Crippen LogP contribution < -0.4 is 0 Å². The average molecular weight is 1080 g/mol. The fraction of sp³-hybridized carbons (Fsp3) is 0.653. The molecular formula is C72H118O6. The summed E-state index contributed by atoms with van der Waals surface area (Å²) in [6, 6.07) is 0. The van der Waals surface area contributed by atoms with Gasteiger partial charge in [0.2, 0.25) is 0 Å². The molecule has 0 spiro atoms. The van der Waals surface area contributed by atoms with Crippen LogP contribution in [0.4, 0.5) is 0 Å². The molecular weight excluding hydrogens is 961 g/mol. The fourth-order valence-corrected chi connectivity index (χ4v) is 8.65. The molecule has 0 aromatic heterocycles. The molecule has 0 aromatic rings. The molecule has 1 unspecified atom stereocenters. The molecule has 0 rings (SSSR count). The first-order chi connectivity index (χ1) is 38.5. The number of allylic oxidation sites excluding steroid dienone is 22. The summed E-state index contributed by atoms with van der Waals surface area (Å²) in [6.45, 7) is 6.38.